The number of nitrogens with one attached hydrogen (secondary N) is 2. The summed E-state index contributed by atoms with van der Waals surface area (Å²) in [5, 5.41) is 7.55. The Balaban J connectivity index is 1.74. The second-order valence-electron chi connectivity index (χ2n) is 9.15. The molecule has 0 bridgehead atoms. The van der Waals surface area contributed by atoms with Gasteiger partial charge in [-0.25, -0.2) is 23.8 Å². The summed E-state index contributed by atoms with van der Waals surface area (Å²) in [6, 6.07) is 5.73. The topological polar surface area (TPSA) is 101 Å². The monoisotopic (exact) mass is 475 g/mol. The lowest BCUT2D eigenvalue weighted by molar-refractivity contribution is 0.00511. The van der Waals surface area contributed by atoms with Crippen molar-refractivity contribution in [2.75, 3.05) is 5.32 Å². The summed E-state index contributed by atoms with van der Waals surface area (Å²) >= 11 is 0. The minimum Gasteiger partial charge on any atom is -0.338 e. The maximum absolute atomic E-state index is 14.1. The number of rotatable bonds is 4. The van der Waals surface area contributed by atoms with Gasteiger partial charge in [0.2, 0.25) is 0 Å². The molecule has 0 saturated heterocycles. The van der Waals surface area contributed by atoms with E-state index in [1.807, 2.05) is 0 Å². The van der Waals surface area contributed by atoms with Crippen LogP contribution in [0.2, 0.25) is 0 Å². The van der Waals surface area contributed by atoms with Crippen LogP contribution in [0.15, 0.2) is 46.2 Å². The van der Waals surface area contributed by atoms with Gasteiger partial charge in [0.25, 0.3) is 17.5 Å². The molecule has 3 aromatic rings. The number of alkyl halides is 2. The van der Waals surface area contributed by atoms with Crippen molar-refractivity contribution in [2.45, 2.75) is 61.3 Å². The van der Waals surface area contributed by atoms with Gasteiger partial charge in [0.15, 0.2) is 15.7 Å². The number of aromatic nitrogens is 3. The molecule has 0 spiro atoms. The van der Waals surface area contributed by atoms with Gasteiger partial charge in [-0.1, -0.05) is 0 Å². The highest BCUT2D eigenvalue weighted by atomic mass is 32.2. The van der Waals surface area contributed by atoms with Gasteiger partial charge in [-0.2, -0.15) is 5.10 Å². The third-order valence-electron chi connectivity index (χ3n) is 5.80. The van der Waals surface area contributed by atoms with Gasteiger partial charge in [0.05, 0.1) is 21.6 Å². The first-order valence-corrected chi connectivity index (χ1v) is 11.8. The number of sulfone groups is 1. The maximum atomic E-state index is 14.1. The molecule has 11 heteroatoms. The average Bonchev–Trinajstić information content (AvgIpc) is 3.25. The molecule has 0 aliphatic heterocycles. The second kappa shape index (κ2) is 7.66. The Hall–Kier alpha value is -3.26. The zero-order valence-corrected chi connectivity index (χ0v) is 19.1. The summed E-state index contributed by atoms with van der Waals surface area (Å²) < 4.78 is 53.7. The molecule has 1 aliphatic rings. The number of nitrogens with zero attached hydrogens (tertiary/aromatic N) is 3. The van der Waals surface area contributed by atoms with Crippen molar-refractivity contribution in [1.29, 1.82) is 0 Å². The van der Waals surface area contributed by atoms with E-state index in [4.69, 9.17) is 6.57 Å². The lowest BCUT2D eigenvalue weighted by atomic mass is 10.2. The fourth-order valence-electron chi connectivity index (χ4n) is 4.00. The van der Waals surface area contributed by atoms with E-state index in [0.717, 1.165) is 0 Å². The van der Waals surface area contributed by atoms with Crippen molar-refractivity contribution >= 4 is 32.2 Å². The number of benzene rings is 1. The molecule has 8 nitrogen and oxygen atoms in total. The third kappa shape index (κ3) is 3.99. The molecule has 2 aromatic heterocycles. The van der Waals surface area contributed by atoms with Gasteiger partial charge in [0, 0.05) is 18.3 Å². The lowest BCUT2D eigenvalue weighted by Gasteiger charge is -2.19. The lowest BCUT2D eigenvalue weighted by Crippen LogP contribution is -2.27. The Kier molecular flexibility index (Phi) is 5.32. The van der Waals surface area contributed by atoms with Crippen LogP contribution in [0.25, 0.3) is 15.7 Å². The maximum Gasteiger partial charge on any atom is 0.261 e. The molecule has 2 atom stereocenters. The van der Waals surface area contributed by atoms with Crippen LogP contribution in [0, 0.1) is 6.57 Å². The van der Waals surface area contributed by atoms with Crippen LogP contribution < -0.4 is 10.9 Å². The molecule has 0 radical (unpaired) electrons. The van der Waals surface area contributed by atoms with Crippen LogP contribution in [0.4, 0.5) is 20.3 Å². The summed E-state index contributed by atoms with van der Waals surface area (Å²) in [4.78, 5) is 18.6. The smallest absolute Gasteiger partial charge is 0.261 e. The standard InChI is InChI=1S/C22H23F2N5O3S/c1-21(2,3)33(31,32)14-7-5-13(6-8-14)27-19-18-16(9-10-26-20(18)30)29(28-19)17-12-22(23,24)11-15(17)25-4/h5-10,15,17H,11-12H2,1-3H3,(H,26,30)(H,27,28)/t15-,17+/m1/s1. The molecule has 1 saturated carbocycles. The van der Waals surface area contributed by atoms with Crippen molar-refractivity contribution < 1.29 is 17.2 Å². The summed E-state index contributed by atoms with van der Waals surface area (Å²) in [6.45, 7) is 12.2. The number of pyridine rings is 1. The molecule has 1 aromatic carbocycles. The first-order valence-electron chi connectivity index (χ1n) is 10.3. The minimum atomic E-state index is -3.54. The molecule has 2 N–H and O–H groups in total. The summed E-state index contributed by atoms with van der Waals surface area (Å²) in [7, 11) is -3.54. The number of hydrogen-bond acceptors (Lipinski definition) is 5. The zero-order chi connectivity index (χ0) is 24.2. The van der Waals surface area contributed by atoms with E-state index in [9.17, 15) is 22.0 Å². The van der Waals surface area contributed by atoms with E-state index in [1.165, 1.54) is 23.0 Å². The highest BCUT2D eigenvalue weighted by molar-refractivity contribution is 7.92. The number of aromatic amines is 1. The molecule has 0 unspecified atom stereocenters. The SMILES string of the molecule is [C-]#[N+][C@@H]1CC(F)(F)C[C@@H]1n1nc(Nc2ccc(S(=O)(=O)C(C)(C)C)cc2)c2c(=O)[nH]ccc21. The number of fused-ring (bicyclic) bond motifs is 1. The average molecular weight is 476 g/mol. The van der Waals surface area contributed by atoms with E-state index in [0.29, 0.717) is 11.2 Å². The Morgan fingerprint density at radius 2 is 1.88 bits per heavy atom. The molecule has 1 fully saturated rings. The van der Waals surface area contributed by atoms with Crippen molar-refractivity contribution in [2.24, 2.45) is 0 Å². The summed E-state index contributed by atoms with van der Waals surface area (Å²) in [5.74, 6) is -2.85. The molecule has 4 rings (SSSR count). The highest BCUT2D eigenvalue weighted by Gasteiger charge is 2.52. The van der Waals surface area contributed by atoms with Gasteiger partial charge in [0.1, 0.15) is 11.4 Å². The van der Waals surface area contributed by atoms with Crippen molar-refractivity contribution in [3.05, 3.63) is 58.3 Å². The minimum absolute atomic E-state index is 0.136. The van der Waals surface area contributed by atoms with Crippen LogP contribution in [-0.2, 0) is 9.84 Å². The fraction of sp³-hybridized carbons (Fsp3) is 0.409. The fourth-order valence-corrected chi connectivity index (χ4v) is 5.20. The predicted octanol–water partition coefficient (Wildman–Crippen LogP) is 4.30. The van der Waals surface area contributed by atoms with E-state index in [1.54, 1.807) is 39.0 Å². The number of anilines is 2. The summed E-state index contributed by atoms with van der Waals surface area (Å²) in [6.07, 6.45) is 0.305. The zero-order valence-electron chi connectivity index (χ0n) is 18.3. The highest BCUT2D eigenvalue weighted by Crippen LogP contribution is 2.44. The molecular weight excluding hydrogens is 452 g/mol. The van der Waals surface area contributed by atoms with Crippen LogP contribution in [0.1, 0.15) is 39.7 Å². The molecule has 174 valence electrons. The van der Waals surface area contributed by atoms with Gasteiger partial charge < -0.3 is 15.1 Å². The van der Waals surface area contributed by atoms with Gasteiger partial charge in [-0.3, -0.25) is 9.48 Å². The van der Waals surface area contributed by atoms with Crippen molar-refractivity contribution in [3.8, 4) is 0 Å². The van der Waals surface area contributed by atoms with E-state index in [2.05, 4.69) is 20.2 Å². The Labute approximate surface area is 189 Å². The van der Waals surface area contributed by atoms with Crippen molar-refractivity contribution in [3.63, 3.8) is 0 Å². The Bertz CT molecular complexity index is 1410. The van der Waals surface area contributed by atoms with Crippen LogP contribution in [0.3, 0.4) is 0 Å². The Morgan fingerprint density at radius 1 is 1.21 bits per heavy atom. The molecular formula is C22H23F2N5O3S. The van der Waals surface area contributed by atoms with E-state index >= 15 is 0 Å². The van der Waals surface area contributed by atoms with Crippen molar-refractivity contribution in [1.82, 2.24) is 14.8 Å². The van der Waals surface area contributed by atoms with E-state index < -0.39 is 51.0 Å². The second-order valence-corrected chi connectivity index (χ2v) is 11.9. The number of halogens is 2. The molecule has 1 aliphatic carbocycles. The Morgan fingerprint density at radius 3 is 2.48 bits per heavy atom. The quantitative estimate of drug-likeness (QED) is 0.548. The summed E-state index contributed by atoms with van der Waals surface area (Å²) in [5.41, 5.74) is 0.345. The van der Waals surface area contributed by atoms with Crippen LogP contribution in [-0.4, -0.2) is 39.9 Å². The third-order valence-corrected chi connectivity index (χ3v) is 8.31. The van der Waals surface area contributed by atoms with E-state index in [-0.39, 0.29) is 16.1 Å². The van der Waals surface area contributed by atoms with Crippen LogP contribution in [0.5, 0.6) is 0 Å². The van der Waals surface area contributed by atoms with Gasteiger partial charge in [-0.05, 0) is 51.1 Å². The molecule has 2 heterocycles. The largest absolute Gasteiger partial charge is 0.338 e. The van der Waals surface area contributed by atoms with Gasteiger partial charge in [-0.15, -0.1) is 0 Å². The predicted molar refractivity (Wildman–Crippen MR) is 121 cm³/mol. The first kappa shape index (κ1) is 22.9. The molecule has 33 heavy (non-hydrogen) atoms. The van der Waals surface area contributed by atoms with Crippen LogP contribution >= 0.6 is 0 Å². The van der Waals surface area contributed by atoms with Gasteiger partial charge >= 0.3 is 0 Å². The number of hydrogen-bond donors (Lipinski definition) is 2. The normalized spacial score (nSPS) is 20.6. The molecule has 0 amide bonds. The first-order chi connectivity index (χ1) is 15.3. The number of H-pyrrole nitrogens is 1.